The van der Waals surface area contributed by atoms with Gasteiger partial charge in [0.05, 0.1) is 5.92 Å². The molecule has 2 saturated heterocycles. The number of amides is 3. The van der Waals surface area contributed by atoms with Gasteiger partial charge < -0.3 is 30.7 Å². The molecule has 2 atom stereocenters. The third-order valence-electron chi connectivity index (χ3n) is 7.82. The average molecular weight is 565 g/mol. The van der Waals surface area contributed by atoms with Crippen molar-refractivity contribution in [1.82, 2.24) is 20.9 Å². The number of nitrogens with one attached hydrogen (secondary N) is 3. The molecule has 10 heteroatoms. The third-order valence-corrected chi connectivity index (χ3v) is 7.82. The van der Waals surface area contributed by atoms with Crippen LogP contribution in [0.5, 0.6) is 5.75 Å². The molecule has 4 N–H and O–H groups in total. The van der Waals surface area contributed by atoms with Gasteiger partial charge in [-0.25, -0.2) is 4.79 Å². The van der Waals surface area contributed by atoms with Crippen molar-refractivity contribution in [2.75, 3.05) is 32.7 Å². The number of rotatable bonds is 12. The zero-order valence-corrected chi connectivity index (χ0v) is 23.3. The minimum Gasteiger partial charge on any atom is -0.489 e. The highest BCUT2D eigenvalue weighted by molar-refractivity contribution is 5.96. The lowest BCUT2D eigenvalue weighted by Gasteiger charge is -2.33. The molecular formula is C31H40N4O6. The number of ether oxygens (including phenoxy) is 1. The highest BCUT2D eigenvalue weighted by Crippen LogP contribution is 2.22. The maximum atomic E-state index is 12.9. The number of likely N-dealkylation sites (tertiary alicyclic amines) is 1. The molecule has 4 rings (SSSR count). The zero-order valence-electron chi connectivity index (χ0n) is 23.3. The molecule has 0 aliphatic carbocycles. The van der Waals surface area contributed by atoms with Crippen molar-refractivity contribution < 1.29 is 29.0 Å². The summed E-state index contributed by atoms with van der Waals surface area (Å²) in [6.07, 6.45) is 4.90. The van der Waals surface area contributed by atoms with E-state index in [4.69, 9.17) is 4.74 Å². The lowest BCUT2D eigenvalue weighted by atomic mass is 9.92. The van der Waals surface area contributed by atoms with Gasteiger partial charge in [-0.05, 0) is 80.9 Å². The molecule has 0 bridgehead atoms. The molecule has 220 valence electrons. The van der Waals surface area contributed by atoms with Gasteiger partial charge in [0.1, 0.15) is 18.4 Å². The number of carboxylic acid groups (broad SMARTS) is 1. The molecule has 0 spiro atoms. The van der Waals surface area contributed by atoms with Crippen molar-refractivity contribution >= 4 is 23.7 Å². The van der Waals surface area contributed by atoms with Gasteiger partial charge in [0, 0.05) is 31.6 Å². The number of carbonyl (C=O) groups excluding carboxylic acids is 3. The predicted octanol–water partition coefficient (Wildman–Crippen LogP) is 2.58. The van der Waals surface area contributed by atoms with Crippen LogP contribution < -0.4 is 20.7 Å². The molecule has 41 heavy (non-hydrogen) atoms. The van der Waals surface area contributed by atoms with Gasteiger partial charge >= 0.3 is 5.97 Å². The smallest absolute Gasteiger partial charge is 0.328 e. The van der Waals surface area contributed by atoms with Crippen molar-refractivity contribution in [2.24, 2.45) is 11.8 Å². The largest absolute Gasteiger partial charge is 0.489 e. The standard InChI is InChI=1S/C31H40N4O6/c36-28(13-8-22-14-16-32-17-15-22)35-18-4-7-25(20-35)29(37)33-19-27(31(39)40)34-30(38)24-9-11-26(12-10-24)41-21-23-5-2-1-3-6-23/h1-3,5-6,9-12,22,25,27,32H,4,7-8,13-21H2,(H,33,37)(H,34,38)(H,39,40)/t25-,27?/m1/s1. The summed E-state index contributed by atoms with van der Waals surface area (Å²) in [5.41, 5.74) is 1.29. The molecular weight excluding hydrogens is 524 g/mol. The summed E-state index contributed by atoms with van der Waals surface area (Å²) in [5.74, 6) is -1.30. The Bertz CT molecular complexity index is 1170. The van der Waals surface area contributed by atoms with Gasteiger partial charge in [-0.15, -0.1) is 0 Å². The lowest BCUT2D eigenvalue weighted by molar-refractivity contribution is -0.139. The number of carbonyl (C=O) groups is 4. The van der Waals surface area contributed by atoms with E-state index in [1.54, 1.807) is 29.2 Å². The number of nitrogens with zero attached hydrogens (tertiary/aromatic N) is 1. The maximum Gasteiger partial charge on any atom is 0.328 e. The summed E-state index contributed by atoms with van der Waals surface area (Å²) in [4.78, 5) is 52.0. The predicted molar refractivity (Wildman–Crippen MR) is 153 cm³/mol. The highest BCUT2D eigenvalue weighted by atomic mass is 16.5. The summed E-state index contributed by atoms with van der Waals surface area (Å²) in [6.45, 7) is 3.10. The zero-order chi connectivity index (χ0) is 29.0. The van der Waals surface area contributed by atoms with Crippen LogP contribution in [0.1, 0.15) is 54.4 Å². The first-order chi connectivity index (χ1) is 19.9. The second-order valence-corrected chi connectivity index (χ2v) is 10.8. The Morgan fingerprint density at radius 2 is 1.73 bits per heavy atom. The Kier molecular flexibility index (Phi) is 11.1. The fourth-order valence-electron chi connectivity index (χ4n) is 5.31. The van der Waals surface area contributed by atoms with E-state index in [9.17, 15) is 24.3 Å². The van der Waals surface area contributed by atoms with Crippen molar-refractivity contribution in [3.63, 3.8) is 0 Å². The second kappa shape index (κ2) is 15.2. The third kappa shape index (κ3) is 9.31. The number of benzene rings is 2. The fourth-order valence-corrected chi connectivity index (χ4v) is 5.31. The molecule has 0 saturated carbocycles. The average Bonchev–Trinajstić information content (AvgIpc) is 3.01. The second-order valence-electron chi connectivity index (χ2n) is 10.8. The molecule has 0 radical (unpaired) electrons. The topological polar surface area (TPSA) is 137 Å². The van der Waals surface area contributed by atoms with E-state index in [0.717, 1.165) is 44.3 Å². The Morgan fingerprint density at radius 3 is 2.44 bits per heavy atom. The van der Waals surface area contributed by atoms with Crippen LogP contribution in [0, 0.1) is 11.8 Å². The van der Waals surface area contributed by atoms with E-state index in [0.29, 0.717) is 44.2 Å². The number of hydrogen-bond acceptors (Lipinski definition) is 6. The molecule has 2 aliphatic heterocycles. The van der Waals surface area contributed by atoms with Crippen LogP contribution in [0.2, 0.25) is 0 Å². The van der Waals surface area contributed by atoms with Crippen LogP contribution >= 0.6 is 0 Å². The van der Waals surface area contributed by atoms with Gasteiger partial charge in [0.25, 0.3) is 5.91 Å². The van der Waals surface area contributed by atoms with E-state index in [1.165, 1.54) is 0 Å². The molecule has 2 aromatic rings. The first-order valence-electron chi connectivity index (χ1n) is 14.5. The monoisotopic (exact) mass is 564 g/mol. The van der Waals surface area contributed by atoms with Crippen molar-refractivity contribution in [3.05, 3.63) is 65.7 Å². The molecule has 2 heterocycles. The minimum absolute atomic E-state index is 0.0770. The van der Waals surface area contributed by atoms with Crippen molar-refractivity contribution in [1.29, 1.82) is 0 Å². The number of aliphatic carboxylic acids is 1. The Morgan fingerprint density at radius 1 is 1.00 bits per heavy atom. The first-order valence-corrected chi connectivity index (χ1v) is 14.5. The molecule has 1 unspecified atom stereocenters. The lowest BCUT2D eigenvalue weighted by Crippen LogP contribution is -2.51. The molecule has 2 fully saturated rings. The van der Waals surface area contributed by atoms with Gasteiger partial charge in [0.15, 0.2) is 0 Å². The molecule has 3 amide bonds. The van der Waals surface area contributed by atoms with Crippen molar-refractivity contribution in [2.45, 2.75) is 51.2 Å². The van der Waals surface area contributed by atoms with Gasteiger partial charge in [-0.3, -0.25) is 14.4 Å². The normalized spacial score (nSPS) is 18.2. The van der Waals surface area contributed by atoms with Gasteiger partial charge in [0.2, 0.25) is 11.8 Å². The minimum atomic E-state index is -1.30. The summed E-state index contributed by atoms with van der Waals surface area (Å²) in [7, 11) is 0. The highest BCUT2D eigenvalue weighted by Gasteiger charge is 2.30. The number of carboxylic acids is 1. The van der Waals surface area contributed by atoms with E-state index in [1.807, 2.05) is 30.3 Å². The molecule has 2 aromatic carbocycles. The Hall–Kier alpha value is -3.92. The summed E-state index contributed by atoms with van der Waals surface area (Å²) >= 11 is 0. The van der Waals surface area contributed by atoms with Gasteiger partial charge in [-0.2, -0.15) is 0 Å². The molecule has 2 aliphatic rings. The summed E-state index contributed by atoms with van der Waals surface area (Å²) in [5, 5.41) is 18.1. The van der Waals surface area contributed by atoms with Crippen molar-refractivity contribution in [3.8, 4) is 5.75 Å². The Balaban J connectivity index is 1.22. The summed E-state index contributed by atoms with van der Waals surface area (Å²) < 4.78 is 5.73. The van der Waals surface area contributed by atoms with Crippen LogP contribution in [0.4, 0.5) is 0 Å². The van der Waals surface area contributed by atoms with Crippen LogP contribution in [0.25, 0.3) is 0 Å². The SMILES string of the molecule is O=C(NC(CNC(=O)[C@@H]1CCCN(C(=O)CCC2CCNCC2)C1)C(=O)O)c1ccc(OCc2ccccc2)cc1. The van der Waals surface area contributed by atoms with Crippen LogP contribution in [-0.4, -0.2) is 72.5 Å². The van der Waals surface area contributed by atoms with E-state index in [2.05, 4.69) is 16.0 Å². The Labute approximate surface area is 240 Å². The number of piperidine rings is 2. The van der Waals surface area contributed by atoms with E-state index < -0.39 is 23.8 Å². The fraction of sp³-hybridized carbons (Fsp3) is 0.484. The van der Waals surface area contributed by atoms with Crippen LogP contribution in [-0.2, 0) is 21.0 Å². The van der Waals surface area contributed by atoms with E-state index in [-0.39, 0.29) is 23.9 Å². The van der Waals surface area contributed by atoms with Gasteiger partial charge in [-0.1, -0.05) is 30.3 Å². The first kappa shape index (κ1) is 30.0. The quantitative estimate of drug-likeness (QED) is 0.311. The molecule has 0 aromatic heterocycles. The van der Waals surface area contributed by atoms with Crippen LogP contribution in [0.3, 0.4) is 0 Å². The van der Waals surface area contributed by atoms with E-state index >= 15 is 0 Å². The molecule has 10 nitrogen and oxygen atoms in total. The maximum absolute atomic E-state index is 12.9. The number of hydrogen-bond donors (Lipinski definition) is 4. The van der Waals surface area contributed by atoms with Crippen LogP contribution in [0.15, 0.2) is 54.6 Å². The summed E-state index contributed by atoms with van der Waals surface area (Å²) in [6, 6.07) is 14.8.